The molecule has 6 heteroatoms. The highest BCUT2D eigenvalue weighted by molar-refractivity contribution is 6.50. The van der Waals surface area contributed by atoms with E-state index in [1.54, 1.807) is 6.07 Å². The van der Waals surface area contributed by atoms with Crippen molar-refractivity contribution in [2.24, 2.45) is 0 Å². The van der Waals surface area contributed by atoms with Crippen LogP contribution in [0.4, 0.5) is 0 Å². The number of rotatable bonds is 2. The predicted molar refractivity (Wildman–Crippen MR) is 65.5 cm³/mol. The minimum Gasteiger partial charge on any atom is -0.122 e. The fourth-order valence-electron chi connectivity index (χ4n) is 1.00. The molecule has 0 aromatic heterocycles. The molecule has 0 nitrogen and oxygen atoms in total. The Morgan fingerprint density at radius 1 is 1.07 bits per heavy atom. The van der Waals surface area contributed by atoms with Gasteiger partial charge in [-0.05, 0) is 11.6 Å². The van der Waals surface area contributed by atoms with Crippen molar-refractivity contribution in [2.75, 3.05) is 0 Å². The summed E-state index contributed by atoms with van der Waals surface area (Å²) in [6, 6.07) is 1.61. The summed E-state index contributed by atoms with van der Waals surface area (Å²) in [5.74, 6) is 0.224. The van der Waals surface area contributed by atoms with Gasteiger partial charge in [-0.2, -0.15) is 0 Å². The van der Waals surface area contributed by atoms with Gasteiger partial charge < -0.3 is 0 Å². The molecule has 0 radical (unpaired) electrons. The second-order valence-corrected chi connectivity index (χ2v) is 5.02. The van der Waals surface area contributed by atoms with Crippen molar-refractivity contribution in [1.82, 2.24) is 0 Å². The molecule has 1 aromatic carbocycles. The van der Waals surface area contributed by atoms with Crippen LogP contribution in [0.15, 0.2) is 6.07 Å². The molecule has 0 unspecified atom stereocenters. The topological polar surface area (TPSA) is 0 Å². The molecule has 0 amide bonds. The Bertz CT molecular complexity index is 346. The van der Waals surface area contributed by atoms with E-state index in [1.165, 1.54) is 0 Å². The van der Waals surface area contributed by atoms with E-state index in [1.807, 2.05) is 0 Å². The van der Waals surface area contributed by atoms with Gasteiger partial charge in [0.2, 0.25) is 0 Å². The third-order valence-corrected chi connectivity index (χ3v) is 3.65. The highest BCUT2D eigenvalue weighted by atomic mass is 35.5. The first-order valence-corrected chi connectivity index (χ1v) is 6.03. The number of hydrogen-bond acceptors (Lipinski definition) is 0. The van der Waals surface area contributed by atoms with Crippen LogP contribution < -0.4 is 0 Å². The van der Waals surface area contributed by atoms with E-state index in [-0.39, 0.29) is 15.9 Å². The van der Waals surface area contributed by atoms with Crippen molar-refractivity contribution >= 4 is 69.6 Å². The quantitative estimate of drug-likeness (QED) is 0.474. The molecule has 0 aliphatic rings. The summed E-state index contributed by atoms with van der Waals surface area (Å²) < 4.78 is 0. The van der Waals surface area contributed by atoms with Gasteiger partial charge in [0.1, 0.15) is 4.84 Å². The Morgan fingerprint density at radius 3 is 2.07 bits per heavy atom. The zero-order chi connectivity index (χ0) is 10.9. The molecule has 0 N–H and O–H groups in total. The van der Waals surface area contributed by atoms with Crippen molar-refractivity contribution in [1.29, 1.82) is 0 Å². The van der Waals surface area contributed by atoms with Crippen molar-refractivity contribution in [3.8, 4) is 0 Å². The van der Waals surface area contributed by atoms with Crippen LogP contribution >= 0.6 is 69.6 Å². The first-order valence-electron chi connectivity index (χ1n) is 3.49. The van der Waals surface area contributed by atoms with Crippen LogP contribution in [-0.4, -0.2) is 0 Å². The number of halogens is 6. The number of alkyl halides is 3. The van der Waals surface area contributed by atoms with Gasteiger partial charge in [-0.3, -0.25) is 0 Å². The second kappa shape index (κ2) is 5.34. The van der Waals surface area contributed by atoms with E-state index >= 15 is 0 Å². The normalized spacial score (nSPS) is 11.1. The van der Waals surface area contributed by atoms with E-state index < -0.39 is 4.84 Å². The number of benzene rings is 1. The lowest BCUT2D eigenvalue weighted by molar-refractivity contribution is 1.24. The van der Waals surface area contributed by atoms with Crippen molar-refractivity contribution in [3.05, 3.63) is 32.3 Å². The van der Waals surface area contributed by atoms with E-state index in [2.05, 4.69) is 0 Å². The average molecular weight is 313 g/mol. The molecule has 0 atom stereocenters. The monoisotopic (exact) mass is 310 g/mol. The van der Waals surface area contributed by atoms with E-state index in [4.69, 9.17) is 69.6 Å². The third-order valence-electron chi connectivity index (χ3n) is 1.65. The maximum absolute atomic E-state index is 5.93. The van der Waals surface area contributed by atoms with Gasteiger partial charge in [-0.25, -0.2) is 0 Å². The van der Waals surface area contributed by atoms with Crippen LogP contribution in [0.5, 0.6) is 0 Å². The zero-order valence-corrected chi connectivity index (χ0v) is 11.2. The molecular formula is C8H4Cl6. The number of hydrogen-bond donors (Lipinski definition) is 0. The first kappa shape index (κ1) is 13.0. The van der Waals surface area contributed by atoms with Gasteiger partial charge in [0.25, 0.3) is 0 Å². The molecule has 14 heavy (non-hydrogen) atoms. The molecule has 1 rings (SSSR count). The van der Waals surface area contributed by atoms with E-state index in [0.29, 0.717) is 16.1 Å². The van der Waals surface area contributed by atoms with Gasteiger partial charge >= 0.3 is 0 Å². The summed E-state index contributed by atoms with van der Waals surface area (Å²) in [6.45, 7) is 0. The molecule has 1 aromatic rings. The lowest BCUT2D eigenvalue weighted by atomic mass is 10.1. The van der Waals surface area contributed by atoms with Crippen LogP contribution in [0.2, 0.25) is 15.1 Å². The minimum atomic E-state index is -0.772. The molecule has 0 saturated carbocycles. The summed E-state index contributed by atoms with van der Waals surface area (Å²) in [5.41, 5.74) is 1.19. The highest BCUT2D eigenvalue weighted by Crippen LogP contribution is 2.41. The van der Waals surface area contributed by atoms with E-state index in [9.17, 15) is 0 Å². The summed E-state index contributed by atoms with van der Waals surface area (Å²) >= 11 is 34.7. The Hall–Kier alpha value is 0.960. The Labute approximate surface area is 112 Å². The fourth-order valence-corrected chi connectivity index (χ4v) is 2.60. The first-order chi connectivity index (χ1) is 6.49. The van der Waals surface area contributed by atoms with Crippen molar-refractivity contribution < 1.29 is 0 Å². The van der Waals surface area contributed by atoms with Crippen LogP contribution in [0, 0.1) is 0 Å². The average Bonchev–Trinajstić information content (AvgIpc) is 2.12. The molecule has 0 saturated heterocycles. The molecular weight excluding hydrogens is 309 g/mol. The second-order valence-electron chi connectivity index (χ2n) is 2.49. The minimum absolute atomic E-state index is 0.224. The molecule has 0 bridgehead atoms. The Balaban J connectivity index is 3.45. The summed E-state index contributed by atoms with van der Waals surface area (Å²) in [5, 5.41) is 0.832. The highest BCUT2D eigenvalue weighted by Gasteiger charge is 2.18. The molecule has 78 valence electrons. The fraction of sp³-hybridized carbons (Fsp3) is 0.250. The van der Waals surface area contributed by atoms with Crippen LogP contribution in [0.3, 0.4) is 0 Å². The van der Waals surface area contributed by atoms with E-state index in [0.717, 1.165) is 0 Å². The molecule has 0 spiro atoms. The Morgan fingerprint density at radius 2 is 1.64 bits per heavy atom. The van der Waals surface area contributed by atoms with Crippen LogP contribution in [-0.2, 0) is 5.88 Å². The maximum atomic E-state index is 5.93. The Kier molecular flexibility index (Phi) is 4.97. The lowest BCUT2D eigenvalue weighted by Gasteiger charge is -2.12. The molecule has 0 aliphatic heterocycles. The summed E-state index contributed by atoms with van der Waals surface area (Å²) in [7, 11) is 0. The summed E-state index contributed by atoms with van der Waals surface area (Å²) in [6.07, 6.45) is 0. The lowest BCUT2D eigenvalue weighted by Crippen LogP contribution is -1.93. The van der Waals surface area contributed by atoms with Gasteiger partial charge in [0.15, 0.2) is 0 Å². The smallest absolute Gasteiger partial charge is 0.122 e. The molecule has 0 fully saturated rings. The van der Waals surface area contributed by atoms with Gasteiger partial charge in [0.05, 0.1) is 15.1 Å². The maximum Gasteiger partial charge on any atom is 0.134 e. The van der Waals surface area contributed by atoms with Crippen LogP contribution in [0.1, 0.15) is 16.0 Å². The van der Waals surface area contributed by atoms with Crippen LogP contribution in [0.25, 0.3) is 0 Å². The standard InChI is InChI=1S/C8H4Cl6/c9-2-3-1-4(10)6(11)7(12)5(3)8(13)14/h1,8H,2H2. The van der Waals surface area contributed by atoms with Crippen molar-refractivity contribution in [2.45, 2.75) is 10.7 Å². The molecule has 0 aliphatic carbocycles. The SMILES string of the molecule is ClCc1cc(Cl)c(Cl)c(Cl)c1C(Cl)Cl. The largest absolute Gasteiger partial charge is 0.134 e. The van der Waals surface area contributed by atoms with Gasteiger partial charge in [-0.1, -0.05) is 58.0 Å². The predicted octanol–water partition coefficient (Wildman–Crippen LogP) is 5.86. The third kappa shape index (κ3) is 2.55. The van der Waals surface area contributed by atoms with Gasteiger partial charge in [0, 0.05) is 11.4 Å². The molecule has 0 heterocycles. The van der Waals surface area contributed by atoms with Crippen molar-refractivity contribution in [3.63, 3.8) is 0 Å². The zero-order valence-electron chi connectivity index (χ0n) is 6.63. The summed E-state index contributed by atoms with van der Waals surface area (Å²) in [4.78, 5) is -0.772. The van der Waals surface area contributed by atoms with Gasteiger partial charge in [-0.15, -0.1) is 11.6 Å².